The number of methoxy groups -OCH3 is 1. The van der Waals surface area contributed by atoms with Crippen molar-refractivity contribution in [1.82, 2.24) is 0 Å². The Labute approximate surface area is 133 Å². The van der Waals surface area contributed by atoms with Crippen LogP contribution in [0, 0.1) is 0 Å². The molecule has 0 atom stereocenters. The minimum Gasteiger partial charge on any atom is -0.497 e. The lowest BCUT2D eigenvalue weighted by Gasteiger charge is -2.12. The second kappa shape index (κ2) is 6.95. The average Bonchev–Trinajstić information content (AvgIpc) is 2.49. The SMILES string of the molecule is COc1cccc(C(=O)Nc2ccc(Cl)cc2NC(C)=O)c1. The zero-order valence-electron chi connectivity index (χ0n) is 12.1. The van der Waals surface area contributed by atoms with Gasteiger partial charge in [0.15, 0.2) is 0 Å². The molecule has 2 amide bonds. The van der Waals surface area contributed by atoms with Gasteiger partial charge in [0, 0.05) is 17.5 Å². The number of nitrogens with one attached hydrogen (secondary N) is 2. The van der Waals surface area contributed by atoms with Gasteiger partial charge in [0.25, 0.3) is 5.91 Å². The summed E-state index contributed by atoms with van der Waals surface area (Å²) in [5.41, 5.74) is 1.35. The van der Waals surface area contributed by atoms with Gasteiger partial charge in [-0.15, -0.1) is 0 Å². The third-order valence-electron chi connectivity index (χ3n) is 2.87. The van der Waals surface area contributed by atoms with Crippen molar-refractivity contribution in [3.8, 4) is 5.75 Å². The monoisotopic (exact) mass is 318 g/mol. The van der Waals surface area contributed by atoms with E-state index in [1.165, 1.54) is 14.0 Å². The van der Waals surface area contributed by atoms with Crippen LogP contribution in [0.4, 0.5) is 11.4 Å². The predicted molar refractivity (Wildman–Crippen MR) is 86.7 cm³/mol. The molecule has 2 rings (SSSR count). The Morgan fingerprint density at radius 1 is 1.05 bits per heavy atom. The molecule has 6 heteroatoms. The van der Waals surface area contributed by atoms with E-state index in [-0.39, 0.29) is 11.8 Å². The normalized spacial score (nSPS) is 9.95. The highest BCUT2D eigenvalue weighted by Crippen LogP contribution is 2.26. The summed E-state index contributed by atoms with van der Waals surface area (Å²) in [6, 6.07) is 11.6. The summed E-state index contributed by atoms with van der Waals surface area (Å²) < 4.78 is 5.09. The molecule has 0 saturated carbocycles. The molecule has 0 bridgehead atoms. The summed E-state index contributed by atoms with van der Waals surface area (Å²) in [5.74, 6) is 0.0258. The van der Waals surface area contributed by atoms with E-state index in [9.17, 15) is 9.59 Å². The fourth-order valence-electron chi connectivity index (χ4n) is 1.88. The van der Waals surface area contributed by atoms with Crippen LogP contribution in [0.5, 0.6) is 5.75 Å². The number of amides is 2. The Morgan fingerprint density at radius 3 is 2.50 bits per heavy atom. The Hall–Kier alpha value is -2.53. The first kappa shape index (κ1) is 15.9. The molecule has 5 nitrogen and oxygen atoms in total. The fourth-order valence-corrected chi connectivity index (χ4v) is 2.05. The lowest BCUT2D eigenvalue weighted by Crippen LogP contribution is -2.15. The van der Waals surface area contributed by atoms with Gasteiger partial charge in [-0.05, 0) is 36.4 Å². The van der Waals surface area contributed by atoms with Crippen LogP contribution < -0.4 is 15.4 Å². The molecule has 0 aliphatic carbocycles. The molecule has 0 saturated heterocycles. The highest BCUT2D eigenvalue weighted by atomic mass is 35.5. The highest BCUT2D eigenvalue weighted by molar-refractivity contribution is 6.31. The van der Waals surface area contributed by atoms with Crippen LogP contribution in [0.15, 0.2) is 42.5 Å². The van der Waals surface area contributed by atoms with Crippen molar-refractivity contribution in [3.05, 3.63) is 53.1 Å². The molecule has 0 spiro atoms. The molecular formula is C16H15ClN2O3. The van der Waals surface area contributed by atoms with Crippen LogP contribution in [-0.4, -0.2) is 18.9 Å². The Morgan fingerprint density at radius 2 is 1.82 bits per heavy atom. The van der Waals surface area contributed by atoms with Crippen molar-refractivity contribution in [2.24, 2.45) is 0 Å². The Balaban J connectivity index is 2.25. The number of halogens is 1. The third kappa shape index (κ3) is 3.99. The van der Waals surface area contributed by atoms with E-state index in [0.29, 0.717) is 27.7 Å². The summed E-state index contributed by atoms with van der Waals surface area (Å²) in [6.45, 7) is 1.38. The van der Waals surface area contributed by atoms with E-state index in [1.54, 1.807) is 42.5 Å². The highest BCUT2D eigenvalue weighted by Gasteiger charge is 2.11. The molecule has 2 aromatic rings. The molecule has 114 valence electrons. The van der Waals surface area contributed by atoms with Crippen LogP contribution in [0.1, 0.15) is 17.3 Å². The van der Waals surface area contributed by atoms with Gasteiger partial charge in [0.2, 0.25) is 5.91 Å². The lowest BCUT2D eigenvalue weighted by atomic mass is 10.2. The van der Waals surface area contributed by atoms with E-state index in [2.05, 4.69) is 10.6 Å². The minimum absolute atomic E-state index is 0.251. The van der Waals surface area contributed by atoms with Gasteiger partial charge < -0.3 is 15.4 Å². The van der Waals surface area contributed by atoms with Gasteiger partial charge in [0.1, 0.15) is 5.75 Å². The maximum absolute atomic E-state index is 12.3. The Bertz CT molecular complexity index is 716. The van der Waals surface area contributed by atoms with Gasteiger partial charge in [-0.1, -0.05) is 17.7 Å². The lowest BCUT2D eigenvalue weighted by molar-refractivity contribution is -0.114. The van der Waals surface area contributed by atoms with Crippen LogP contribution in [0.25, 0.3) is 0 Å². The summed E-state index contributed by atoms with van der Waals surface area (Å²) in [6.07, 6.45) is 0. The topological polar surface area (TPSA) is 67.4 Å². The quantitative estimate of drug-likeness (QED) is 0.905. The zero-order valence-corrected chi connectivity index (χ0v) is 12.9. The molecule has 0 fully saturated rings. The molecule has 0 aromatic heterocycles. The molecule has 0 unspecified atom stereocenters. The third-order valence-corrected chi connectivity index (χ3v) is 3.11. The average molecular weight is 319 g/mol. The second-order valence-corrected chi connectivity index (χ2v) is 4.99. The second-order valence-electron chi connectivity index (χ2n) is 4.56. The molecule has 0 aliphatic rings. The minimum atomic E-state index is -0.312. The zero-order chi connectivity index (χ0) is 16.1. The first-order valence-electron chi connectivity index (χ1n) is 6.52. The summed E-state index contributed by atoms with van der Waals surface area (Å²) >= 11 is 5.91. The van der Waals surface area contributed by atoms with Crippen molar-refractivity contribution >= 4 is 34.8 Å². The molecule has 0 radical (unpaired) electrons. The number of benzene rings is 2. The summed E-state index contributed by atoms with van der Waals surface area (Å²) in [5, 5.41) is 5.83. The number of carbonyl (C=O) groups is 2. The van der Waals surface area contributed by atoms with Crippen molar-refractivity contribution in [2.45, 2.75) is 6.92 Å². The Kier molecular flexibility index (Phi) is 5.01. The van der Waals surface area contributed by atoms with Gasteiger partial charge in [-0.3, -0.25) is 9.59 Å². The fraction of sp³-hybridized carbons (Fsp3) is 0.125. The van der Waals surface area contributed by atoms with Gasteiger partial charge >= 0.3 is 0 Å². The largest absolute Gasteiger partial charge is 0.497 e. The summed E-state index contributed by atoms with van der Waals surface area (Å²) in [7, 11) is 1.53. The number of rotatable bonds is 4. The number of carbonyl (C=O) groups excluding carboxylic acids is 2. The molecule has 2 N–H and O–H groups in total. The number of hydrogen-bond acceptors (Lipinski definition) is 3. The van der Waals surface area contributed by atoms with Gasteiger partial charge in [-0.25, -0.2) is 0 Å². The van der Waals surface area contributed by atoms with Crippen LogP contribution >= 0.6 is 11.6 Å². The first-order chi connectivity index (χ1) is 10.5. The van der Waals surface area contributed by atoms with E-state index in [0.717, 1.165) is 0 Å². The van der Waals surface area contributed by atoms with Crippen LogP contribution in [0.2, 0.25) is 5.02 Å². The van der Waals surface area contributed by atoms with Gasteiger partial charge in [0.05, 0.1) is 18.5 Å². The van der Waals surface area contributed by atoms with E-state index >= 15 is 0 Å². The van der Waals surface area contributed by atoms with E-state index in [4.69, 9.17) is 16.3 Å². The molecule has 0 heterocycles. The van der Waals surface area contributed by atoms with Crippen molar-refractivity contribution in [1.29, 1.82) is 0 Å². The van der Waals surface area contributed by atoms with Crippen molar-refractivity contribution in [2.75, 3.05) is 17.7 Å². The van der Waals surface area contributed by atoms with Crippen molar-refractivity contribution < 1.29 is 14.3 Å². The molecule has 0 aliphatic heterocycles. The smallest absolute Gasteiger partial charge is 0.255 e. The van der Waals surface area contributed by atoms with Gasteiger partial charge in [-0.2, -0.15) is 0 Å². The first-order valence-corrected chi connectivity index (χ1v) is 6.90. The maximum atomic E-state index is 12.3. The maximum Gasteiger partial charge on any atom is 0.255 e. The molecular weight excluding hydrogens is 304 g/mol. The van der Waals surface area contributed by atoms with E-state index in [1.807, 2.05) is 0 Å². The predicted octanol–water partition coefficient (Wildman–Crippen LogP) is 3.56. The molecule has 2 aromatic carbocycles. The van der Waals surface area contributed by atoms with Crippen LogP contribution in [0.3, 0.4) is 0 Å². The van der Waals surface area contributed by atoms with E-state index < -0.39 is 0 Å². The van der Waals surface area contributed by atoms with Crippen molar-refractivity contribution in [3.63, 3.8) is 0 Å². The molecule has 22 heavy (non-hydrogen) atoms. The summed E-state index contributed by atoms with van der Waals surface area (Å²) in [4.78, 5) is 23.5. The number of ether oxygens (including phenoxy) is 1. The number of anilines is 2. The number of hydrogen-bond donors (Lipinski definition) is 2. The standard InChI is InChI=1S/C16H15ClN2O3/c1-10(20)18-15-9-12(17)6-7-14(15)19-16(21)11-4-3-5-13(8-11)22-2/h3-9H,1-2H3,(H,18,20)(H,19,21). The van der Waals surface area contributed by atoms with Crippen LogP contribution in [-0.2, 0) is 4.79 Å².